The van der Waals surface area contributed by atoms with Gasteiger partial charge < -0.3 is 4.74 Å². The monoisotopic (exact) mass is 433 g/mol. The highest BCUT2D eigenvalue weighted by molar-refractivity contribution is 5.65. The first-order valence-electron chi connectivity index (χ1n) is 8.98. The number of ether oxygens (including phenoxy) is 1. The highest BCUT2D eigenvalue weighted by Crippen LogP contribution is 2.34. The van der Waals surface area contributed by atoms with Crippen LogP contribution >= 0.6 is 0 Å². The van der Waals surface area contributed by atoms with Crippen molar-refractivity contribution >= 4 is 0 Å². The molecule has 3 aromatic heterocycles. The summed E-state index contributed by atoms with van der Waals surface area (Å²) in [5.41, 5.74) is -2.34. The van der Waals surface area contributed by atoms with Crippen LogP contribution in [0.5, 0.6) is 5.75 Å². The van der Waals surface area contributed by atoms with Gasteiger partial charge in [-0.05, 0) is 18.6 Å². The van der Waals surface area contributed by atoms with E-state index in [4.69, 9.17) is 4.74 Å². The lowest BCUT2D eigenvalue weighted by molar-refractivity contribution is -0.142. The molecule has 0 aliphatic carbocycles. The van der Waals surface area contributed by atoms with E-state index < -0.39 is 23.7 Å². The summed E-state index contributed by atoms with van der Waals surface area (Å²) in [7, 11) is 0. The molecule has 0 saturated carbocycles. The fourth-order valence-electron chi connectivity index (χ4n) is 2.60. The van der Waals surface area contributed by atoms with Gasteiger partial charge in [0.05, 0.1) is 29.4 Å². The van der Waals surface area contributed by atoms with Crippen LogP contribution in [0.2, 0.25) is 0 Å². The van der Waals surface area contributed by atoms with E-state index >= 15 is 0 Å². The van der Waals surface area contributed by atoms with Gasteiger partial charge >= 0.3 is 12.4 Å². The first kappa shape index (κ1) is 21.7. The standard InChI is InChI=1S/C18H17F6N5O/c1-2-3-4-5-30-10-6-11(13-8-15(28-26-13)17(19,20)21)25-12(7-10)14-9-16(29-27-14)18(22,23)24/h6-9H,2-5H2,1H3,(H,26,28)(H,27,29). The number of hydrogen-bond donors (Lipinski definition) is 2. The predicted molar refractivity (Wildman–Crippen MR) is 94.4 cm³/mol. The van der Waals surface area contributed by atoms with E-state index in [9.17, 15) is 26.3 Å². The average molecular weight is 433 g/mol. The Bertz CT molecular complexity index is 921. The number of aromatic amines is 2. The normalized spacial score (nSPS) is 12.4. The summed E-state index contributed by atoms with van der Waals surface area (Å²) in [5.74, 6) is 0.248. The van der Waals surface area contributed by atoms with Crippen molar-refractivity contribution in [2.75, 3.05) is 6.61 Å². The van der Waals surface area contributed by atoms with Crippen LogP contribution in [0.4, 0.5) is 26.3 Å². The number of halogens is 6. The minimum absolute atomic E-state index is 0.0316. The van der Waals surface area contributed by atoms with Crippen LogP contribution in [0.1, 0.15) is 37.6 Å². The van der Waals surface area contributed by atoms with Crippen molar-refractivity contribution in [3.05, 3.63) is 35.7 Å². The minimum Gasteiger partial charge on any atom is -0.493 e. The molecule has 0 aliphatic rings. The van der Waals surface area contributed by atoms with E-state index in [1.807, 2.05) is 6.92 Å². The third kappa shape index (κ3) is 5.10. The lowest BCUT2D eigenvalue weighted by Gasteiger charge is -2.09. The zero-order valence-corrected chi connectivity index (χ0v) is 15.7. The molecular formula is C18H17F6N5O. The molecule has 0 amide bonds. The van der Waals surface area contributed by atoms with Crippen molar-refractivity contribution in [3.8, 4) is 28.5 Å². The largest absolute Gasteiger partial charge is 0.493 e. The second-order valence-electron chi connectivity index (χ2n) is 6.46. The molecule has 162 valence electrons. The first-order valence-corrected chi connectivity index (χ1v) is 8.98. The lowest BCUT2D eigenvalue weighted by Crippen LogP contribution is -2.04. The van der Waals surface area contributed by atoms with Gasteiger partial charge in [-0.15, -0.1) is 0 Å². The van der Waals surface area contributed by atoms with Gasteiger partial charge in [-0.25, -0.2) is 4.98 Å². The Morgan fingerprint density at radius 1 is 0.800 bits per heavy atom. The molecule has 3 rings (SSSR count). The summed E-state index contributed by atoms with van der Waals surface area (Å²) in [6.45, 7) is 2.35. The third-order valence-electron chi connectivity index (χ3n) is 4.10. The molecule has 0 atom stereocenters. The molecule has 2 N–H and O–H groups in total. The molecule has 0 fully saturated rings. The van der Waals surface area contributed by atoms with E-state index in [1.54, 1.807) is 0 Å². The van der Waals surface area contributed by atoms with Crippen molar-refractivity contribution < 1.29 is 31.1 Å². The molecule has 3 aromatic rings. The number of alkyl halides is 6. The number of pyridine rings is 1. The average Bonchev–Trinajstić information content (AvgIpc) is 3.34. The fraction of sp³-hybridized carbons (Fsp3) is 0.389. The van der Waals surface area contributed by atoms with Gasteiger partial charge in [-0.1, -0.05) is 19.8 Å². The van der Waals surface area contributed by atoms with E-state index in [-0.39, 0.29) is 28.5 Å². The van der Waals surface area contributed by atoms with Crippen LogP contribution in [0.25, 0.3) is 22.8 Å². The second kappa shape index (κ2) is 8.36. The second-order valence-corrected chi connectivity index (χ2v) is 6.46. The van der Waals surface area contributed by atoms with Crippen LogP contribution in [-0.4, -0.2) is 32.0 Å². The molecule has 0 spiro atoms. The fourth-order valence-corrected chi connectivity index (χ4v) is 2.60. The Morgan fingerprint density at radius 2 is 1.30 bits per heavy atom. The Hall–Kier alpha value is -3.05. The molecule has 30 heavy (non-hydrogen) atoms. The van der Waals surface area contributed by atoms with Crippen LogP contribution < -0.4 is 4.74 Å². The maximum absolute atomic E-state index is 12.8. The maximum atomic E-state index is 12.8. The summed E-state index contributed by atoms with van der Waals surface area (Å²) in [6, 6.07) is 4.32. The predicted octanol–water partition coefficient (Wildman–Crippen LogP) is 5.47. The van der Waals surface area contributed by atoms with Gasteiger partial charge in [-0.3, -0.25) is 10.2 Å². The van der Waals surface area contributed by atoms with E-state index in [0.29, 0.717) is 6.61 Å². The number of rotatable bonds is 7. The Kier molecular flexibility index (Phi) is 6.04. The van der Waals surface area contributed by atoms with Gasteiger partial charge in [0.25, 0.3) is 0 Å². The molecule has 6 nitrogen and oxygen atoms in total. The Morgan fingerprint density at radius 3 is 1.70 bits per heavy atom. The summed E-state index contributed by atoms with van der Waals surface area (Å²) in [6.07, 6.45) is -6.70. The SMILES string of the molecule is CCCCCOc1cc(-c2cc(C(F)(F)F)n[nH]2)nc(-c2cc(C(F)(F)F)n[nH]2)c1. The van der Waals surface area contributed by atoms with Crippen LogP contribution in [-0.2, 0) is 12.4 Å². The van der Waals surface area contributed by atoms with Crippen LogP contribution in [0, 0.1) is 0 Å². The lowest BCUT2D eigenvalue weighted by atomic mass is 10.2. The Labute approximate surface area is 166 Å². The van der Waals surface area contributed by atoms with Crippen molar-refractivity contribution in [2.45, 2.75) is 38.5 Å². The van der Waals surface area contributed by atoms with Crippen LogP contribution in [0.3, 0.4) is 0 Å². The summed E-state index contributed by atoms with van der Waals surface area (Å²) in [4.78, 5) is 4.15. The van der Waals surface area contributed by atoms with Gasteiger partial charge in [-0.2, -0.15) is 36.5 Å². The number of nitrogens with one attached hydrogen (secondary N) is 2. The minimum atomic E-state index is -4.66. The molecule has 0 bridgehead atoms. The number of hydrogen-bond acceptors (Lipinski definition) is 4. The van der Waals surface area contributed by atoms with Gasteiger partial charge in [0, 0.05) is 12.1 Å². The topological polar surface area (TPSA) is 79.5 Å². The zero-order valence-electron chi connectivity index (χ0n) is 15.7. The number of aromatic nitrogens is 5. The van der Waals surface area contributed by atoms with Crippen molar-refractivity contribution in [3.63, 3.8) is 0 Å². The molecule has 0 saturated heterocycles. The maximum Gasteiger partial charge on any atom is 0.435 e. The molecule has 0 aliphatic heterocycles. The smallest absolute Gasteiger partial charge is 0.435 e. The highest BCUT2D eigenvalue weighted by Gasteiger charge is 2.35. The summed E-state index contributed by atoms with van der Waals surface area (Å²) in [5, 5.41) is 10.9. The van der Waals surface area contributed by atoms with Crippen molar-refractivity contribution in [1.82, 2.24) is 25.4 Å². The third-order valence-corrected chi connectivity index (χ3v) is 4.10. The quantitative estimate of drug-likeness (QED) is 0.383. The van der Waals surface area contributed by atoms with E-state index in [2.05, 4.69) is 25.4 Å². The molecule has 12 heteroatoms. The number of nitrogens with zero attached hydrogens (tertiary/aromatic N) is 3. The molecule has 3 heterocycles. The summed E-state index contributed by atoms with van der Waals surface area (Å²) >= 11 is 0. The molecule has 0 unspecified atom stereocenters. The number of H-pyrrole nitrogens is 2. The first-order chi connectivity index (χ1) is 14.1. The van der Waals surface area contributed by atoms with Crippen LogP contribution in [0.15, 0.2) is 24.3 Å². The summed E-state index contributed by atoms with van der Waals surface area (Å²) < 4.78 is 82.7. The zero-order chi connectivity index (χ0) is 21.9. The van der Waals surface area contributed by atoms with Gasteiger partial charge in [0.15, 0.2) is 11.4 Å². The molecular weight excluding hydrogens is 416 g/mol. The van der Waals surface area contributed by atoms with Gasteiger partial charge in [0.1, 0.15) is 5.75 Å². The van der Waals surface area contributed by atoms with Crippen molar-refractivity contribution in [1.29, 1.82) is 0 Å². The van der Waals surface area contributed by atoms with E-state index in [1.165, 1.54) is 12.1 Å². The highest BCUT2D eigenvalue weighted by atomic mass is 19.4. The Balaban J connectivity index is 1.98. The number of unbranched alkanes of at least 4 members (excludes halogenated alkanes) is 2. The molecule has 0 aromatic carbocycles. The molecule has 0 radical (unpaired) electrons. The van der Waals surface area contributed by atoms with E-state index in [0.717, 1.165) is 31.4 Å². The van der Waals surface area contributed by atoms with Crippen molar-refractivity contribution in [2.24, 2.45) is 0 Å². The van der Waals surface area contributed by atoms with Gasteiger partial charge in [0.2, 0.25) is 0 Å².